The molecule has 9 heteroatoms. The Balaban J connectivity index is 2.50. The summed E-state index contributed by atoms with van der Waals surface area (Å²) in [5.41, 5.74) is 0.887. The van der Waals surface area contributed by atoms with Crippen LogP contribution >= 0.6 is 12.6 Å². The highest BCUT2D eigenvalue weighted by Crippen LogP contribution is 2.38. The molecule has 2 rings (SSSR count). The molecule has 150 valence electrons. The number of hydrogen-bond donors (Lipinski definition) is 4. The number of anilines is 2. The van der Waals surface area contributed by atoms with Gasteiger partial charge in [-0.1, -0.05) is 19.9 Å². The number of aliphatic carboxylic acids is 1. The third-order valence-corrected chi connectivity index (χ3v) is 4.63. The third kappa shape index (κ3) is 4.72. The molecule has 0 aliphatic heterocycles. The minimum Gasteiger partial charge on any atom is -0.480 e. The Kier molecular flexibility index (Phi) is 7.22. The molecule has 28 heavy (non-hydrogen) atoms. The quantitative estimate of drug-likeness (QED) is 0.474. The fourth-order valence-corrected chi connectivity index (χ4v) is 2.85. The summed E-state index contributed by atoms with van der Waals surface area (Å²) in [7, 11) is 0. The summed E-state index contributed by atoms with van der Waals surface area (Å²) >= 11 is 4.32. The van der Waals surface area contributed by atoms with Gasteiger partial charge in [-0.05, 0) is 30.5 Å². The van der Waals surface area contributed by atoms with E-state index >= 15 is 0 Å². The topological polar surface area (TPSA) is 122 Å². The predicted molar refractivity (Wildman–Crippen MR) is 107 cm³/mol. The van der Waals surface area contributed by atoms with Gasteiger partial charge >= 0.3 is 5.97 Å². The Morgan fingerprint density at radius 2 is 1.71 bits per heavy atom. The Bertz CT molecular complexity index is 853. The molecule has 0 fully saturated rings. The first-order valence-electron chi connectivity index (χ1n) is 8.92. The first-order valence-corrected chi connectivity index (χ1v) is 9.37. The maximum Gasteiger partial charge on any atom is 0.333 e. The number of carbonyl (C=O) groups excluding carboxylic acids is 2. The zero-order chi connectivity index (χ0) is 20.7. The summed E-state index contributed by atoms with van der Waals surface area (Å²) in [6, 6.07) is 4.49. The van der Waals surface area contributed by atoms with Crippen molar-refractivity contribution in [3.05, 3.63) is 42.1 Å². The van der Waals surface area contributed by atoms with Crippen LogP contribution < -0.4 is 10.6 Å². The number of amides is 2. The van der Waals surface area contributed by atoms with Crippen LogP contribution in [0.25, 0.3) is 0 Å². The monoisotopic (exact) mass is 405 g/mol. The lowest BCUT2D eigenvalue weighted by Gasteiger charge is -2.23. The van der Waals surface area contributed by atoms with Crippen molar-refractivity contribution >= 4 is 41.8 Å². The number of carboxylic acids is 1. The molecule has 1 atom stereocenters. The second kappa shape index (κ2) is 9.41. The molecule has 0 spiro atoms. The van der Waals surface area contributed by atoms with Gasteiger partial charge in [0, 0.05) is 12.8 Å². The highest BCUT2D eigenvalue weighted by atomic mass is 32.1. The van der Waals surface area contributed by atoms with Crippen molar-refractivity contribution in [2.75, 3.05) is 10.6 Å². The zero-order valence-electron chi connectivity index (χ0n) is 15.7. The minimum absolute atomic E-state index is 0.114. The predicted octanol–water partition coefficient (Wildman–Crippen LogP) is 3.41. The van der Waals surface area contributed by atoms with Crippen LogP contribution in [-0.4, -0.2) is 27.9 Å². The smallest absolute Gasteiger partial charge is 0.333 e. The molecule has 0 radical (unpaired) electrons. The van der Waals surface area contributed by atoms with Crippen LogP contribution in [0.4, 0.5) is 11.4 Å². The van der Waals surface area contributed by atoms with Crippen LogP contribution in [0.3, 0.4) is 0 Å². The van der Waals surface area contributed by atoms with Crippen molar-refractivity contribution < 1.29 is 23.9 Å². The summed E-state index contributed by atoms with van der Waals surface area (Å²) in [5, 5.41) is 15.2. The fourth-order valence-electron chi connectivity index (χ4n) is 2.60. The largest absolute Gasteiger partial charge is 0.480 e. The van der Waals surface area contributed by atoms with E-state index in [1.807, 2.05) is 13.8 Å². The Morgan fingerprint density at radius 1 is 1.11 bits per heavy atom. The van der Waals surface area contributed by atoms with Crippen LogP contribution in [0.2, 0.25) is 0 Å². The molecule has 3 N–H and O–H groups in total. The van der Waals surface area contributed by atoms with E-state index in [4.69, 9.17) is 4.42 Å². The second-order valence-electron chi connectivity index (χ2n) is 6.21. The van der Waals surface area contributed by atoms with E-state index in [1.165, 1.54) is 30.7 Å². The zero-order valence-corrected chi connectivity index (χ0v) is 16.6. The Hall–Kier alpha value is -2.81. The molecule has 2 aromatic rings. The van der Waals surface area contributed by atoms with Gasteiger partial charge in [-0.3, -0.25) is 9.59 Å². The Labute approximate surface area is 168 Å². The molecular weight excluding hydrogens is 382 g/mol. The summed E-state index contributed by atoms with van der Waals surface area (Å²) < 4.78 is 3.31. The normalized spacial score (nSPS) is 12.8. The standard InChI is InChI=1S/C19H23N3O5S/c1-3-5-15(23)21-13-8-7-12(11-14(13)22-16(24)6-4-2)19(28,18(25)26)17-20-9-10-27-17/h7-11,28H,3-6H2,1-2H3,(H,21,23)(H,22,24)(H,25,26). The fraction of sp³-hybridized carbons (Fsp3) is 0.368. The molecule has 1 unspecified atom stereocenters. The molecule has 0 saturated carbocycles. The molecular formula is C19H23N3O5S. The summed E-state index contributed by atoms with van der Waals surface area (Å²) in [6.45, 7) is 3.75. The number of nitrogens with one attached hydrogen (secondary N) is 2. The highest BCUT2D eigenvalue weighted by Gasteiger charge is 2.43. The number of thiol groups is 1. The molecule has 1 heterocycles. The van der Waals surface area contributed by atoms with E-state index in [9.17, 15) is 19.5 Å². The second-order valence-corrected chi connectivity index (χ2v) is 6.88. The van der Waals surface area contributed by atoms with Crippen molar-refractivity contribution in [1.82, 2.24) is 4.98 Å². The van der Waals surface area contributed by atoms with Gasteiger partial charge in [-0.2, -0.15) is 0 Å². The molecule has 2 amide bonds. The molecule has 0 bridgehead atoms. The van der Waals surface area contributed by atoms with Gasteiger partial charge < -0.3 is 20.2 Å². The highest BCUT2D eigenvalue weighted by molar-refractivity contribution is 7.82. The number of carboxylic acid groups (broad SMARTS) is 1. The molecule has 0 saturated heterocycles. The van der Waals surface area contributed by atoms with E-state index in [0.29, 0.717) is 24.9 Å². The third-order valence-electron chi connectivity index (χ3n) is 3.99. The maximum absolute atomic E-state index is 12.1. The van der Waals surface area contributed by atoms with E-state index in [1.54, 1.807) is 0 Å². The first-order chi connectivity index (χ1) is 13.3. The lowest BCUT2D eigenvalue weighted by molar-refractivity contribution is -0.139. The summed E-state index contributed by atoms with van der Waals surface area (Å²) in [4.78, 5) is 40.0. The molecule has 0 aliphatic carbocycles. The van der Waals surface area contributed by atoms with Gasteiger partial charge in [0.15, 0.2) is 0 Å². The molecule has 8 nitrogen and oxygen atoms in total. The lowest BCUT2D eigenvalue weighted by atomic mass is 9.96. The van der Waals surface area contributed by atoms with Crippen LogP contribution in [0.5, 0.6) is 0 Å². The van der Waals surface area contributed by atoms with Crippen LogP contribution in [0.1, 0.15) is 51.0 Å². The van der Waals surface area contributed by atoms with Crippen molar-refractivity contribution in [2.45, 2.75) is 44.3 Å². The first kappa shape index (κ1) is 21.5. The number of carbonyl (C=O) groups is 3. The van der Waals surface area contributed by atoms with Crippen LogP contribution in [-0.2, 0) is 19.1 Å². The molecule has 1 aromatic heterocycles. The number of aromatic nitrogens is 1. The number of hydrogen-bond acceptors (Lipinski definition) is 6. The van der Waals surface area contributed by atoms with Gasteiger partial charge in [0.25, 0.3) is 0 Å². The van der Waals surface area contributed by atoms with Gasteiger partial charge in [-0.15, -0.1) is 12.6 Å². The van der Waals surface area contributed by atoms with Crippen molar-refractivity contribution in [2.24, 2.45) is 0 Å². The van der Waals surface area contributed by atoms with Gasteiger partial charge in [0.05, 0.1) is 17.6 Å². The number of nitrogens with zero attached hydrogens (tertiary/aromatic N) is 1. The number of oxazole rings is 1. The van der Waals surface area contributed by atoms with E-state index < -0.39 is 10.7 Å². The van der Waals surface area contributed by atoms with Crippen LogP contribution in [0, 0.1) is 0 Å². The van der Waals surface area contributed by atoms with Crippen LogP contribution in [0.15, 0.2) is 35.1 Å². The average Bonchev–Trinajstić information content (AvgIpc) is 3.17. The SMILES string of the molecule is CCCC(=O)Nc1ccc(C(S)(C(=O)O)c2ncco2)cc1NC(=O)CCC. The van der Waals surface area contributed by atoms with Gasteiger partial charge in [0.2, 0.25) is 22.5 Å². The number of benzene rings is 1. The summed E-state index contributed by atoms with van der Waals surface area (Å²) in [6.07, 6.45) is 4.51. The number of rotatable bonds is 9. The lowest BCUT2D eigenvalue weighted by Crippen LogP contribution is -2.32. The van der Waals surface area contributed by atoms with Gasteiger partial charge in [-0.25, -0.2) is 9.78 Å². The average molecular weight is 405 g/mol. The van der Waals surface area contributed by atoms with Crippen molar-refractivity contribution in [3.63, 3.8) is 0 Å². The Morgan fingerprint density at radius 3 is 2.21 bits per heavy atom. The van der Waals surface area contributed by atoms with Gasteiger partial charge in [0.1, 0.15) is 6.26 Å². The minimum atomic E-state index is -1.86. The van der Waals surface area contributed by atoms with Crippen molar-refractivity contribution in [1.29, 1.82) is 0 Å². The van der Waals surface area contributed by atoms with E-state index in [-0.39, 0.29) is 35.4 Å². The summed E-state index contributed by atoms with van der Waals surface area (Å²) in [5.74, 6) is -1.85. The van der Waals surface area contributed by atoms with E-state index in [2.05, 4.69) is 28.2 Å². The molecule has 1 aromatic carbocycles. The maximum atomic E-state index is 12.1. The van der Waals surface area contributed by atoms with E-state index in [0.717, 1.165) is 0 Å². The van der Waals surface area contributed by atoms with Crippen molar-refractivity contribution in [3.8, 4) is 0 Å². The molecule has 0 aliphatic rings.